The largest absolute Gasteiger partial charge is 0.478 e. The van der Waals surface area contributed by atoms with E-state index >= 15 is 0 Å². The highest BCUT2D eigenvalue weighted by atomic mass is 32.2. The summed E-state index contributed by atoms with van der Waals surface area (Å²) in [6.45, 7) is 0. The maximum atomic E-state index is 10.7. The van der Waals surface area contributed by atoms with Gasteiger partial charge in [0.05, 0.1) is 11.3 Å². The lowest BCUT2D eigenvalue weighted by Gasteiger charge is -2.31. The normalized spacial score (nSPS) is 16.8. The van der Waals surface area contributed by atoms with Crippen molar-refractivity contribution in [2.24, 2.45) is 5.84 Å². The summed E-state index contributed by atoms with van der Waals surface area (Å²) in [5.74, 6) is 7.45. The third-order valence-corrected chi connectivity index (χ3v) is 4.05. The molecule has 0 spiro atoms. The molecule has 1 heterocycles. The predicted molar refractivity (Wildman–Crippen MR) is 70.4 cm³/mol. The number of thioether (sulfide) groups is 1. The smallest absolute Gasteiger partial charge is 0.335 e. The standard InChI is InChI=1S/C12H16N2O2S/c13-14(11-5-7-17-8-6-11)10-3-1-9(2-4-10)12(15)16/h1-4,11H,5-8,13H2,(H,15,16). The molecular formula is C12H16N2O2S. The average Bonchev–Trinajstić information content (AvgIpc) is 2.39. The van der Waals surface area contributed by atoms with Crippen LogP contribution in [0.4, 0.5) is 5.69 Å². The minimum Gasteiger partial charge on any atom is -0.478 e. The molecule has 1 aliphatic rings. The van der Waals surface area contributed by atoms with Crippen molar-refractivity contribution in [3.05, 3.63) is 29.8 Å². The number of nitrogens with two attached hydrogens (primary N) is 1. The first kappa shape index (κ1) is 12.3. The van der Waals surface area contributed by atoms with Crippen LogP contribution in [0.25, 0.3) is 0 Å². The molecule has 0 radical (unpaired) electrons. The van der Waals surface area contributed by atoms with Crippen molar-refractivity contribution in [2.45, 2.75) is 18.9 Å². The van der Waals surface area contributed by atoms with Crippen LogP contribution in [0.2, 0.25) is 0 Å². The lowest BCUT2D eigenvalue weighted by Crippen LogP contribution is -2.43. The molecule has 2 rings (SSSR count). The van der Waals surface area contributed by atoms with Crippen molar-refractivity contribution >= 4 is 23.4 Å². The quantitative estimate of drug-likeness (QED) is 0.636. The molecule has 3 N–H and O–H groups in total. The van der Waals surface area contributed by atoms with Gasteiger partial charge in [-0.1, -0.05) is 0 Å². The number of anilines is 1. The highest BCUT2D eigenvalue weighted by Gasteiger charge is 2.19. The van der Waals surface area contributed by atoms with Crippen LogP contribution in [0.1, 0.15) is 23.2 Å². The number of hydrogen-bond acceptors (Lipinski definition) is 4. The molecule has 0 unspecified atom stereocenters. The van der Waals surface area contributed by atoms with Gasteiger partial charge < -0.3 is 10.1 Å². The van der Waals surface area contributed by atoms with E-state index in [1.54, 1.807) is 29.3 Å². The SMILES string of the molecule is NN(c1ccc(C(=O)O)cc1)C1CCSCC1. The van der Waals surface area contributed by atoms with Crippen LogP contribution in [-0.2, 0) is 0 Å². The van der Waals surface area contributed by atoms with Gasteiger partial charge in [-0.25, -0.2) is 10.6 Å². The molecule has 1 fully saturated rings. The van der Waals surface area contributed by atoms with E-state index in [0.29, 0.717) is 11.6 Å². The number of carbonyl (C=O) groups is 1. The Bertz CT molecular complexity index is 388. The lowest BCUT2D eigenvalue weighted by atomic mass is 10.1. The van der Waals surface area contributed by atoms with Gasteiger partial charge in [-0.05, 0) is 48.6 Å². The number of rotatable bonds is 3. The molecule has 1 saturated heterocycles. The Morgan fingerprint density at radius 3 is 2.41 bits per heavy atom. The van der Waals surface area contributed by atoms with Gasteiger partial charge in [0.25, 0.3) is 0 Å². The average molecular weight is 252 g/mol. The summed E-state index contributed by atoms with van der Waals surface area (Å²) < 4.78 is 0. The molecule has 4 nitrogen and oxygen atoms in total. The van der Waals surface area contributed by atoms with Gasteiger partial charge in [-0.2, -0.15) is 11.8 Å². The first-order valence-electron chi connectivity index (χ1n) is 5.63. The predicted octanol–water partition coefficient (Wildman–Crippen LogP) is 1.96. The Hall–Kier alpha value is -1.20. The summed E-state index contributed by atoms with van der Waals surface area (Å²) in [6.07, 6.45) is 2.17. The summed E-state index contributed by atoms with van der Waals surface area (Å²) in [7, 11) is 0. The molecule has 5 heteroatoms. The van der Waals surface area contributed by atoms with Gasteiger partial charge in [0.2, 0.25) is 0 Å². The fraction of sp³-hybridized carbons (Fsp3) is 0.417. The maximum absolute atomic E-state index is 10.7. The van der Waals surface area contributed by atoms with Crippen LogP contribution in [0.3, 0.4) is 0 Å². The summed E-state index contributed by atoms with van der Waals surface area (Å²) in [5.41, 5.74) is 1.17. The second-order valence-corrected chi connectivity index (χ2v) is 5.33. The van der Waals surface area contributed by atoms with Crippen LogP contribution in [-0.4, -0.2) is 28.6 Å². The number of benzene rings is 1. The monoisotopic (exact) mass is 252 g/mol. The fourth-order valence-corrected chi connectivity index (χ4v) is 3.03. The lowest BCUT2D eigenvalue weighted by molar-refractivity contribution is 0.0697. The van der Waals surface area contributed by atoms with Gasteiger partial charge in [0.1, 0.15) is 0 Å². The molecule has 1 aromatic carbocycles. The topological polar surface area (TPSA) is 66.6 Å². The van der Waals surface area contributed by atoms with Crippen molar-refractivity contribution in [3.8, 4) is 0 Å². The van der Waals surface area contributed by atoms with E-state index in [1.807, 2.05) is 11.8 Å². The molecule has 92 valence electrons. The molecule has 0 saturated carbocycles. The Kier molecular flexibility index (Phi) is 3.91. The number of hydrogen-bond donors (Lipinski definition) is 2. The molecule has 1 aromatic rings. The minimum absolute atomic E-state index is 0.293. The van der Waals surface area contributed by atoms with Crippen molar-refractivity contribution in [3.63, 3.8) is 0 Å². The van der Waals surface area contributed by atoms with Crippen LogP contribution in [0.15, 0.2) is 24.3 Å². The van der Waals surface area contributed by atoms with Crippen molar-refractivity contribution in [2.75, 3.05) is 16.5 Å². The highest BCUT2D eigenvalue weighted by Crippen LogP contribution is 2.24. The first-order valence-corrected chi connectivity index (χ1v) is 6.79. The number of carboxylic acids is 1. The zero-order valence-electron chi connectivity index (χ0n) is 9.50. The van der Waals surface area contributed by atoms with E-state index in [2.05, 4.69) is 0 Å². The number of hydrazine groups is 1. The second-order valence-electron chi connectivity index (χ2n) is 4.10. The van der Waals surface area contributed by atoms with Crippen LogP contribution >= 0.6 is 11.8 Å². The molecule has 0 bridgehead atoms. The van der Waals surface area contributed by atoms with Crippen molar-refractivity contribution in [1.29, 1.82) is 0 Å². The van der Waals surface area contributed by atoms with Crippen LogP contribution in [0, 0.1) is 0 Å². The molecule has 17 heavy (non-hydrogen) atoms. The van der Waals surface area contributed by atoms with Gasteiger partial charge >= 0.3 is 5.97 Å². The third kappa shape index (κ3) is 2.92. The van der Waals surface area contributed by atoms with E-state index in [-0.39, 0.29) is 0 Å². The van der Waals surface area contributed by atoms with Gasteiger partial charge in [0.15, 0.2) is 0 Å². The molecule has 1 aliphatic heterocycles. The Labute approximate surface area is 105 Å². The number of aromatic carboxylic acids is 1. The first-order chi connectivity index (χ1) is 8.18. The minimum atomic E-state index is -0.908. The molecule has 0 aromatic heterocycles. The number of nitrogens with zero attached hydrogens (tertiary/aromatic N) is 1. The van der Waals surface area contributed by atoms with Crippen molar-refractivity contribution in [1.82, 2.24) is 0 Å². The highest BCUT2D eigenvalue weighted by molar-refractivity contribution is 7.99. The molecule has 0 atom stereocenters. The summed E-state index contributed by atoms with van der Waals surface area (Å²) in [4.78, 5) is 10.7. The third-order valence-electron chi connectivity index (χ3n) is 3.00. The van der Waals surface area contributed by atoms with E-state index in [0.717, 1.165) is 30.0 Å². The molecule has 0 amide bonds. The van der Waals surface area contributed by atoms with Gasteiger partial charge in [0, 0.05) is 6.04 Å². The zero-order chi connectivity index (χ0) is 12.3. The van der Waals surface area contributed by atoms with Crippen molar-refractivity contribution < 1.29 is 9.90 Å². The Morgan fingerprint density at radius 2 is 1.88 bits per heavy atom. The molecular weight excluding hydrogens is 236 g/mol. The van der Waals surface area contributed by atoms with E-state index in [4.69, 9.17) is 10.9 Å². The fourth-order valence-electron chi connectivity index (χ4n) is 1.95. The Morgan fingerprint density at radius 1 is 1.29 bits per heavy atom. The van der Waals surface area contributed by atoms with Gasteiger partial charge in [-0.3, -0.25) is 0 Å². The van der Waals surface area contributed by atoms with E-state index in [1.165, 1.54) is 0 Å². The second kappa shape index (κ2) is 5.42. The van der Waals surface area contributed by atoms with Crippen LogP contribution in [0.5, 0.6) is 0 Å². The van der Waals surface area contributed by atoms with E-state index in [9.17, 15) is 4.79 Å². The van der Waals surface area contributed by atoms with E-state index < -0.39 is 5.97 Å². The maximum Gasteiger partial charge on any atom is 0.335 e. The summed E-state index contributed by atoms with van der Waals surface area (Å²) in [6, 6.07) is 7.09. The Balaban J connectivity index is 2.07. The zero-order valence-corrected chi connectivity index (χ0v) is 10.3. The molecule has 0 aliphatic carbocycles. The number of carboxylic acid groups (broad SMARTS) is 1. The van der Waals surface area contributed by atoms with Crippen LogP contribution < -0.4 is 10.9 Å². The van der Waals surface area contributed by atoms with Gasteiger partial charge in [-0.15, -0.1) is 0 Å². The summed E-state index contributed by atoms with van der Waals surface area (Å²) >= 11 is 1.96. The summed E-state index contributed by atoms with van der Waals surface area (Å²) in [5, 5.41) is 10.6.